The number of hydrogen-bond donors (Lipinski definition) is 2. The van der Waals surface area contributed by atoms with Gasteiger partial charge >= 0.3 is 0 Å². The minimum Gasteiger partial charge on any atom is -0.494 e. The molecule has 2 N–H and O–H groups in total. The monoisotopic (exact) mass is 448 g/mol. The van der Waals surface area contributed by atoms with Gasteiger partial charge in [0.05, 0.1) is 16.5 Å². The van der Waals surface area contributed by atoms with Crippen molar-refractivity contribution in [3.05, 3.63) is 83.1 Å². The standard InChI is InChI=1S/C21H18ClFN2O4S/c1-2-29-17-9-7-15(8-10-17)24-21(26)14-3-5-16(6-4-14)25-30(27,28)18-11-12-20(23)19(22)13-18/h3-13,25H,2H2,1H3,(H,24,26). The number of anilines is 2. The molecule has 3 rings (SSSR count). The van der Waals surface area contributed by atoms with Gasteiger partial charge in [-0.1, -0.05) is 11.6 Å². The summed E-state index contributed by atoms with van der Waals surface area (Å²) in [4.78, 5) is 12.2. The Labute approximate surface area is 178 Å². The summed E-state index contributed by atoms with van der Waals surface area (Å²) >= 11 is 5.65. The van der Waals surface area contributed by atoms with Gasteiger partial charge in [-0.2, -0.15) is 0 Å². The van der Waals surface area contributed by atoms with Gasteiger partial charge in [0.1, 0.15) is 11.6 Å². The highest BCUT2D eigenvalue weighted by Crippen LogP contribution is 2.22. The van der Waals surface area contributed by atoms with Gasteiger partial charge in [-0.3, -0.25) is 9.52 Å². The summed E-state index contributed by atoms with van der Waals surface area (Å²) in [7, 11) is -3.96. The van der Waals surface area contributed by atoms with Crippen molar-refractivity contribution in [2.24, 2.45) is 0 Å². The number of halogens is 2. The van der Waals surface area contributed by atoms with Crippen LogP contribution >= 0.6 is 11.6 Å². The zero-order chi connectivity index (χ0) is 21.7. The fourth-order valence-electron chi connectivity index (χ4n) is 2.55. The van der Waals surface area contributed by atoms with Crippen LogP contribution in [0.3, 0.4) is 0 Å². The third-order valence-corrected chi connectivity index (χ3v) is 5.69. The topological polar surface area (TPSA) is 84.5 Å². The first-order valence-corrected chi connectivity index (χ1v) is 10.8. The molecule has 0 saturated heterocycles. The van der Waals surface area contributed by atoms with Crippen molar-refractivity contribution >= 4 is 38.9 Å². The summed E-state index contributed by atoms with van der Waals surface area (Å²) in [6, 6.07) is 15.9. The molecule has 156 valence electrons. The van der Waals surface area contributed by atoms with Gasteiger partial charge in [0.15, 0.2) is 0 Å². The maximum atomic E-state index is 13.3. The van der Waals surface area contributed by atoms with E-state index in [-0.39, 0.29) is 21.5 Å². The Morgan fingerprint density at radius 3 is 2.23 bits per heavy atom. The Morgan fingerprint density at radius 1 is 1.00 bits per heavy atom. The lowest BCUT2D eigenvalue weighted by molar-refractivity contribution is 0.102. The highest BCUT2D eigenvalue weighted by atomic mass is 35.5. The first kappa shape index (κ1) is 21.6. The molecule has 0 unspecified atom stereocenters. The van der Waals surface area contributed by atoms with Gasteiger partial charge in [0.25, 0.3) is 15.9 Å². The Hall–Kier alpha value is -3.10. The number of benzene rings is 3. The van der Waals surface area contributed by atoms with Crippen molar-refractivity contribution in [2.45, 2.75) is 11.8 Å². The van der Waals surface area contributed by atoms with Crippen LogP contribution in [0.5, 0.6) is 5.75 Å². The number of nitrogens with one attached hydrogen (secondary N) is 2. The van der Waals surface area contributed by atoms with Crippen LogP contribution in [0.4, 0.5) is 15.8 Å². The van der Waals surface area contributed by atoms with E-state index in [0.717, 1.165) is 18.2 Å². The van der Waals surface area contributed by atoms with Crippen molar-refractivity contribution in [1.29, 1.82) is 0 Å². The van der Waals surface area contributed by atoms with Crippen LogP contribution in [0.1, 0.15) is 17.3 Å². The largest absolute Gasteiger partial charge is 0.494 e. The lowest BCUT2D eigenvalue weighted by Gasteiger charge is -2.10. The molecule has 3 aromatic carbocycles. The number of carbonyl (C=O) groups excluding carboxylic acids is 1. The summed E-state index contributed by atoms with van der Waals surface area (Å²) in [5.74, 6) is -0.355. The average molecular weight is 449 g/mol. The van der Waals surface area contributed by atoms with E-state index in [1.54, 1.807) is 24.3 Å². The lowest BCUT2D eigenvalue weighted by atomic mass is 10.2. The molecule has 3 aromatic rings. The molecule has 0 bridgehead atoms. The van der Waals surface area contributed by atoms with E-state index in [2.05, 4.69) is 10.0 Å². The van der Waals surface area contributed by atoms with Crippen LogP contribution < -0.4 is 14.8 Å². The number of rotatable bonds is 7. The van der Waals surface area contributed by atoms with Crippen LogP contribution in [0.2, 0.25) is 5.02 Å². The van der Waals surface area contributed by atoms with E-state index in [4.69, 9.17) is 16.3 Å². The van der Waals surface area contributed by atoms with E-state index in [0.29, 0.717) is 23.6 Å². The number of amides is 1. The maximum absolute atomic E-state index is 13.3. The minimum absolute atomic E-state index is 0.175. The zero-order valence-corrected chi connectivity index (χ0v) is 17.4. The first-order chi connectivity index (χ1) is 14.3. The van der Waals surface area contributed by atoms with E-state index in [1.807, 2.05) is 6.92 Å². The molecule has 0 aliphatic carbocycles. The van der Waals surface area contributed by atoms with E-state index < -0.39 is 15.8 Å². The quantitative estimate of drug-likeness (QED) is 0.536. The Bertz CT molecular complexity index is 1150. The van der Waals surface area contributed by atoms with Gasteiger partial charge in [0.2, 0.25) is 0 Å². The predicted octanol–water partition coefficient (Wildman–Crippen LogP) is 4.93. The van der Waals surface area contributed by atoms with Crippen LogP contribution in [0, 0.1) is 5.82 Å². The third kappa shape index (κ3) is 5.28. The number of ether oxygens (including phenoxy) is 1. The zero-order valence-electron chi connectivity index (χ0n) is 15.9. The summed E-state index contributed by atoms with van der Waals surface area (Å²) < 4.78 is 45.8. The first-order valence-electron chi connectivity index (χ1n) is 8.90. The molecule has 0 atom stereocenters. The maximum Gasteiger partial charge on any atom is 0.261 e. The average Bonchev–Trinajstić information content (AvgIpc) is 2.72. The summed E-state index contributed by atoms with van der Waals surface area (Å²) in [5.41, 5.74) is 1.19. The van der Waals surface area contributed by atoms with E-state index in [1.165, 1.54) is 24.3 Å². The second kappa shape index (κ2) is 9.15. The Morgan fingerprint density at radius 2 is 1.63 bits per heavy atom. The minimum atomic E-state index is -3.96. The van der Waals surface area contributed by atoms with Crippen molar-refractivity contribution in [3.8, 4) is 5.75 Å². The van der Waals surface area contributed by atoms with Gasteiger partial charge in [0, 0.05) is 16.9 Å². The fraction of sp³-hybridized carbons (Fsp3) is 0.0952. The molecule has 0 aliphatic heterocycles. The summed E-state index contributed by atoms with van der Waals surface area (Å²) in [6.45, 7) is 2.43. The highest BCUT2D eigenvalue weighted by Gasteiger charge is 2.16. The van der Waals surface area contributed by atoms with Crippen molar-refractivity contribution in [1.82, 2.24) is 0 Å². The van der Waals surface area contributed by atoms with Crippen molar-refractivity contribution in [2.75, 3.05) is 16.6 Å². The number of carbonyl (C=O) groups is 1. The van der Waals surface area contributed by atoms with Crippen LogP contribution in [-0.2, 0) is 10.0 Å². The predicted molar refractivity (Wildman–Crippen MR) is 114 cm³/mol. The van der Waals surface area contributed by atoms with Crippen molar-refractivity contribution in [3.63, 3.8) is 0 Å². The molecule has 0 aromatic heterocycles. The SMILES string of the molecule is CCOc1ccc(NC(=O)c2ccc(NS(=O)(=O)c3ccc(F)c(Cl)c3)cc2)cc1. The number of hydrogen-bond acceptors (Lipinski definition) is 4. The number of sulfonamides is 1. The summed E-state index contributed by atoms with van der Waals surface area (Å²) in [5, 5.41) is 2.46. The molecule has 6 nitrogen and oxygen atoms in total. The summed E-state index contributed by atoms with van der Waals surface area (Å²) in [6.07, 6.45) is 0. The molecule has 0 fully saturated rings. The molecule has 0 radical (unpaired) electrons. The van der Waals surface area contributed by atoms with Gasteiger partial charge < -0.3 is 10.1 Å². The van der Waals surface area contributed by atoms with Gasteiger partial charge in [-0.05, 0) is 73.7 Å². The van der Waals surface area contributed by atoms with Crippen LogP contribution in [-0.4, -0.2) is 20.9 Å². The lowest BCUT2D eigenvalue weighted by Crippen LogP contribution is -2.14. The third-order valence-electron chi connectivity index (χ3n) is 4.02. The van der Waals surface area contributed by atoms with E-state index >= 15 is 0 Å². The van der Waals surface area contributed by atoms with Crippen LogP contribution in [0.15, 0.2) is 71.6 Å². The molecular formula is C21H18ClFN2O4S. The fourth-order valence-corrected chi connectivity index (χ4v) is 3.88. The highest BCUT2D eigenvalue weighted by molar-refractivity contribution is 7.92. The van der Waals surface area contributed by atoms with Crippen LogP contribution in [0.25, 0.3) is 0 Å². The molecule has 0 aliphatic rings. The Kier molecular flexibility index (Phi) is 6.59. The van der Waals surface area contributed by atoms with Crippen molar-refractivity contribution < 1.29 is 22.3 Å². The van der Waals surface area contributed by atoms with Gasteiger partial charge in [-0.25, -0.2) is 12.8 Å². The molecule has 0 saturated carbocycles. The Balaban J connectivity index is 1.67. The molecular weight excluding hydrogens is 431 g/mol. The smallest absolute Gasteiger partial charge is 0.261 e. The molecule has 0 spiro atoms. The normalized spacial score (nSPS) is 11.0. The molecule has 0 heterocycles. The second-order valence-electron chi connectivity index (χ2n) is 6.17. The second-order valence-corrected chi connectivity index (χ2v) is 8.26. The molecule has 9 heteroatoms. The molecule has 1 amide bonds. The van der Waals surface area contributed by atoms with E-state index in [9.17, 15) is 17.6 Å². The van der Waals surface area contributed by atoms with Gasteiger partial charge in [-0.15, -0.1) is 0 Å². The molecule has 30 heavy (non-hydrogen) atoms.